The van der Waals surface area contributed by atoms with Crippen molar-refractivity contribution in [1.82, 2.24) is 24.5 Å². The van der Waals surface area contributed by atoms with E-state index >= 15 is 0 Å². The first-order valence-corrected chi connectivity index (χ1v) is 10.6. The maximum Gasteiger partial charge on any atom is 0.433 e. The molecule has 0 aliphatic carbocycles. The standard InChI is InChI=1S/C24H21F4N7/c1-14(10-18(29)11-15-2-7-20(32-12-15)24(26,27)28)35-13-33-21(16-3-5-17(25)6-4-16)22(35)19-8-9-31-23(30)34-19/h2-9,12-14,29H,10-11H2,1H3,(H2,30,31,34). The van der Waals surface area contributed by atoms with Crippen molar-refractivity contribution in [1.29, 1.82) is 5.41 Å². The summed E-state index contributed by atoms with van der Waals surface area (Å²) in [6.45, 7) is 1.89. The molecule has 0 saturated heterocycles. The van der Waals surface area contributed by atoms with E-state index in [9.17, 15) is 17.6 Å². The molecule has 4 rings (SSSR count). The molecular formula is C24H21F4N7. The fraction of sp³-hybridized carbons (Fsp3) is 0.208. The van der Waals surface area contributed by atoms with Crippen molar-refractivity contribution in [2.24, 2.45) is 0 Å². The van der Waals surface area contributed by atoms with Crippen LogP contribution in [-0.2, 0) is 12.6 Å². The average molecular weight is 483 g/mol. The molecule has 0 aliphatic rings. The predicted octanol–water partition coefficient (Wildman–Crippen LogP) is 5.36. The van der Waals surface area contributed by atoms with Gasteiger partial charge in [0.05, 0.1) is 23.4 Å². The number of hydrogen-bond acceptors (Lipinski definition) is 6. The van der Waals surface area contributed by atoms with Crippen LogP contribution in [0.5, 0.6) is 0 Å². The zero-order chi connectivity index (χ0) is 25.2. The van der Waals surface area contributed by atoms with E-state index in [1.54, 1.807) is 24.5 Å². The molecule has 4 aromatic rings. The number of nitrogen functional groups attached to an aromatic ring is 1. The molecule has 35 heavy (non-hydrogen) atoms. The summed E-state index contributed by atoms with van der Waals surface area (Å²) < 4.78 is 53.5. The molecule has 0 amide bonds. The number of alkyl halides is 3. The zero-order valence-corrected chi connectivity index (χ0v) is 18.6. The van der Waals surface area contributed by atoms with Gasteiger partial charge < -0.3 is 15.7 Å². The van der Waals surface area contributed by atoms with E-state index in [2.05, 4.69) is 19.9 Å². The average Bonchev–Trinajstić information content (AvgIpc) is 3.24. The summed E-state index contributed by atoms with van der Waals surface area (Å²) in [4.78, 5) is 16.2. The largest absolute Gasteiger partial charge is 0.433 e. The smallest absolute Gasteiger partial charge is 0.368 e. The molecule has 0 saturated carbocycles. The summed E-state index contributed by atoms with van der Waals surface area (Å²) in [7, 11) is 0. The number of anilines is 1. The molecule has 1 atom stereocenters. The van der Waals surface area contributed by atoms with Gasteiger partial charge in [-0.1, -0.05) is 6.07 Å². The molecular weight excluding hydrogens is 462 g/mol. The fourth-order valence-electron chi connectivity index (χ4n) is 3.74. The van der Waals surface area contributed by atoms with E-state index in [4.69, 9.17) is 11.1 Å². The number of rotatable bonds is 7. The molecule has 3 N–H and O–H groups in total. The summed E-state index contributed by atoms with van der Waals surface area (Å²) in [6, 6.07) is 9.57. The third-order valence-corrected chi connectivity index (χ3v) is 5.38. The maximum absolute atomic E-state index is 13.5. The van der Waals surface area contributed by atoms with Crippen molar-refractivity contribution in [3.8, 4) is 22.6 Å². The number of halogens is 4. The number of nitrogens with one attached hydrogen (secondary N) is 1. The first-order valence-electron chi connectivity index (χ1n) is 10.6. The number of nitrogens with zero attached hydrogens (tertiary/aromatic N) is 5. The van der Waals surface area contributed by atoms with Gasteiger partial charge in [-0.25, -0.2) is 19.3 Å². The van der Waals surface area contributed by atoms with Gasteiger partial charge in [-0.3, -0.25) is 4.98 Å². The summed E-state index contributed by atoms with van der Waals surface area (Å²) in [5, 5.41) is 8.41. The summed E-state index contributed by atoms with van der Waals surface area (Å²) in [5.74, 6) is -0.295. The molecule has 0 bridgehead atoms. The van der Waals surface area contributed by atoms with Crippen molar-refractivity contribution < 1.29 is 17.6 Å². The zero-order valence-electron chi connectivity index (χ0n) is 18.6. The highest BCUT2D eigenvalue weighted by Crippen LogP contribution is 2.33. The lowest BCUT2D eigenvalue weighted by molar-refractivity contribution is -0.141. The van der Waals surface area contributed by atoms with E-state index in [0.29, 0.717) is 40.3 Å². The van der Waals surface area contributed by atoms with Crippen LogP contribution in [0.1, 0.15) is 30.6 Å². The Bertz CT molecular complexity index is 1330. The highest BCUT2D eigenvalue weighted by Gasteiger charge is 2.32. The fourth-order valence-corrected chi connectivity index (χ4v) is 3.74. The van der Waals surface area contributed by atoms with E-state index in [1.165, 1.54) is 24.4 Å². The van der Waals surface area contributed by atoms with Crippen LogP contribution in [0.3, 0.4) is 0 Å². The Hall–Kier alpha value is -4.15. The lowest BCUT2D eigenvalue weighted by Gasteiger charge is -2.18. The van der Waals surface area contributed by atoms with Gasteiger partial charge in [-0.05, 0) is 48.9 Å². The molecule has 0 aliphatic heterocycles. The second-order valence-corrected chi connectivity index (χ2v) is 8.04. The highest BCUT2D eigenvalue weighted by atomic mass is 19.4. The first kappa shape index (κ1) is 24.0. The van der Waals surface area contributed by atoms with Crippen LogP contribution in [0.4, 0.5) is 23.5 Å². The Morgan fingerprint density at radius 2 is 1.80 bits per heavy atom. The second kappa shape index (κ2) is 9.61. The highest BCUT2D eigenvalue weighted by molar-refractivity contribution is 5.84. The van der Waals surface area contributed by atoms with Gasteiger partial charge in [-0.15, -0.1) is 0 Å². The third-order valence-electron chi connectivity index (χ3n) is 5.38. The van der Waals surface area contributed by atoms with Crippen LogP contribution in [0.15, 0.2) is 61.2 Å². The van der Waals surface area contributed by atoms with Gasteiger partial charge in [0, 0.05) is 42.6 Å². The molecule has 3 heterocycles. The van der Waals surface area contributed by atoms with Crippen LogP contribution in [0.2, 0.25) is 0 Å². The van der Waals surface area contributed by atoms with Gasteiger partial charge in [0.2, 0.25) is 5.95 Å². The third kappa shape index (κ3) is 5.51. The summed E-state index contributed by atoms with van der Waals surface area (Å²) >= 11 is 0. The Labute approximate surface area is 198 Å². The van der Waals surface area contributed by atoms with E-state index in [1.807, 2.05) is 11.5 Å². The Morgan fingerprint density at radius 1 is 1.06 bits per heavy atom. The molecule has 0 fully saturated rings. The van der Waals surface area contributed by atoms with Crippen LogP contribution in [0.25, 0.3) is 22.6 Å². The number of imidazole rings is 1. The van der Waals surface area contributed by atoms with E-state index in [-0.39, 0.29) is 24.2 Å². The normalized spacial score (nSPS) is 12.5. The Morgan fingerprint density at radius 3 is 2.43 bits per heavy atom. The number of aromatic nitrogens is 5. The minimum Gasteiger partial charge on any atom is -0.368 e. The monoisotopic (exact) mass is 483 g/mol. The molecule has 0 spiro atoms. The summed E-state index contributed by atoms with van der Waals surface area (Å²) in [6.07, 6.45) is 0.224. The van der Waals surface area contributed by atoms with Crippen LogP contribution in [-0.4, -0.2) is 30.2 Å². The van der Waals surface area contributed by atoms with Crippen molar-refractivity contribution >= 4 is 11.7 Å². The number of nitrogens with two attached hydrogens (primary N) is 1. The summed E-state index contributed by atoms with van der Waals surface area (Å²) in [5.41, 5.74) is 8.02. The van der Waals surface area contributed by atoms with Gasteiger partial charge in [0.15, 0.2) is 0 Å². The van der Waals surface area contributed by atoms with Gasteiger partial charge in [0.25, 0.3) is 0 Å². The van der Waals surface area contributed by atoms with Crippen molar-refractivity contribution in [3.63, 3.8) is 0 Å². The molecule has 7 nitrogen and oxygen atoms in total. The van der Waals surface area contributed by atoms with Gasteiger partial charge in [0.1, 0.15) is 11.5 Å². The Balaban J connectivity index is 1.60. The van der Waals surface area contributed by atoms with E-state index in [0.717, 1.165) is 12.3 Å². The van der Waals surface area contributed by atoms with Gasteiger partial charge >= 0.3 is 6.18 Å². The van der Waals surface area contributed by atoms with Crippen molar-refractivity contribution in [2.45, 2.75) is 32.0 Å². The minimum atomic E-state index is -4.51. The van der Waals surface area contributed by atoms with Crippen LogP contribution >= 0.6 is 0 Å². The molecule has 1 unspecified atom stereocenters. The van der Waals surface area contributed by atoms with Gasteiger partial charge in [-0.2, -0.15) is 13.2 Å². The molecule has 180 valence electrons. The number of benzene rings is 1. The van der Waals surface area contributed by atoms with E-state index < -0.39 is 11.9 Å². The second-order valence-electron chi connectivity index (χ2n) is 8.04. The van der Waals surface area contributed by atoms with Crippen LogP contribution < -0.4 is 5.73 Å². The number of hydrogen-bond donors (Lipinski definition) is 2. The van der Waals surface area contributed by atoms with Crippen molar-refractivity contribution in [2.75, 3.05) is 5.73 Å². The first-order chi connectivity index (χ1) is 16.6. The Kier molecular flexibility index (Phi) is 6.59. The number of pyridine rings is 1. The maximum atomic E-state index is 13.5. The van der Waals surface area contributed by atoms with Crippen LogP contribution in [0, 0.1) is 11.2 Å². The lowest BCUT2D eigenvalue weighted by atomic mass is 10.0. The SMILES string of the molecule is CC(CC(=N)Cc1ccc(C(F)(F)F)nc1)n1cnc(-c2ccc(F)cc2)c1-c1ccnc(N)n1. The topological polar surface area (TPSA) is 106 Å². The molecule has 3 aromatic heterocycles. The minimum absolute atomic E-state index is 0.0792. The predicted molar refractivity (Wildman–Crippen MR) is 123 cm³/mol. The molecule has 1 aromatic carbocycles. The molecule has 0 radical (unpaired) electrons. The lowest BCUT2D eigenvalue weighted by Crippen LogP contribution is -2.14. The van der Waals surface area contributed by atoms with Crippen molar-refractivity contribution in [3.05, 3.63) is 78.3 Å². The quantitative estimate of drug-likeness (QED) is 0.272. The molecule has 11 heteroatoms.